The predicted molar refractivity (Wildman–Crippen MR) is 79.8 cm³/mol. The highest BCUT2D eigenvalue weighted by Gasteiger charge is 2.35. The van der Waals surface area contributed by atoms with Crippen LogP contribution in [0.25, 0.3) is 5.57 Å². The Balaban J connectivity index is 2.14. The van der Waals surface area contributed by atoms with Gasteiger partial charge < -0.3 is 5.11 Å². The van der Waals surface area contributed by atoms with Crippen LogP contribution in [0.5, 0.6) is 0 Å². The van der Waals surface area contributed by atoms with Crippen LogP contribution in [0.15, 0.2) is 66.2 Å². The molecule has 0 spiro atoms. The molecule has 0 amide bonds. The van der Waals surface area contributed by atoms with Crippen molar-refractivity contribution in [3.05, 3.63) is 77.4 Å². The molecule has 0 bridgehead atoms. The zero-order chi connectivity index (χ0) is 14.8. The van der Waals surface area contributed by atoms with Crippen molar-refractivity contribution in [3.8, 4) is 0 Å². The fourth-order valence-corrected chi connectivity index (χ4v) is 2.63. The molecule has 0 aromatic heterocycles. The lowest BCUT2D eigenvalue weighted by atomic mass is 9.95. The Morgan fingerprint density at radius 2 is 1.52 bits per heavy atom. The second-order valence-electron chi connectivity index (χ2n) is 4.99. The molecule has 1 aliphatic carbocycles. The van der Waals surface area contributed by atoms with E-state index < -0.39 is 6.10 Å². The Morgan fingerprint density at radius 1 is 0.952 bits per heavy atom. The third-order valence-electron chi connectivity index (χ3n) is 3.61. The summed E-state index contributed by atoms with van der Waals surface area (Å²) in [6.07, 6.45) is -0.944. The Hall–Kier alpha value is -2.52. The second kappa shape index (κ2) is 5.46. The van der Waals surface area contributed by atoms with Crippen LogP contribution in [0, 0.1) is 0 Å². The molecule has 0 fully saturated rings. The summed E-state index contributed by atoms with van der Waals surface area (Å²) < 4.78 is 0. The van der Waals surface area contributed by atoms with Crippen molar-refractivity contribution < 1.29 is 14.7 Å². The summed E-state index contributed by atoms with van der Waals surface area (Å²) in [6.45, 7) is 0. The maximum atomic E-state index is 12.6. The van der Waals surface area contributed by atoms with Gasteiger partial charge in [-0.25, -0.2) is 0 Å². The summed E-state index contributed by atoms with van der Waals surface area (Å²) >= 11 is 0. The molecular weight excluding hydrogens is 264 g/mol. The topological polar surface area (TPSA) is 54.4 Å². The van der Waals surface area contributed by atoms with E-state index in [9.17, 15) is 14.7 Å². The molecule has 1 atom stereocenters. The van der Waals surface area contributed by atoms with Gasteiger partial charge >= 0.3 is 0 Å². The van der Waals surface area contributed by atoms with Gasteiger partial charge in [0.2, 0.25) is 0 Å². The molecule has 0 saturated heterocycles. The smallest absolute Gasteiger partial charge is 0.196 e. The van der Waals surface area contributed by atoms with Crippen molar-refractivity contribution in [3.63, 3.8) is 0 Å². The number of Topliss-reactive ketones (excluding diaryl/α,β-unsaturated/α-hetero) is 2. The molecule has 3 heteroatoms. The van der Waals surface area contributed by atoms with E-state index in [1.807, 2.05) is 24.3 Å². The number of hydrogen-bond acceptors (Lipinski definition) is 3. The summed E-state index contributed by atoms with van der Waals surface area (Å²) in [7, 11) is 0. The number of carbonyl (C=O) groups is 2. The maximum absolute atomic E-state index is 12.6. The summed E-state index contributed by atoms with van der Waals surface area (Å²) in [5.74, 6) is -0.619. The number of carbonyl (C=O) groups excluding carboxylic acids is 2. The van der Waals surface area contributed by atoms with Gasteiger partial charge in [0.15, 0.2) is 11.6 Å². The average molecular weight is 278 g/mol. The van der Waals surface area contributed by atoms with Crippen LogP contribution in [-0.2, 0) is 4.79 Å². The van der Waals surface area contributed by atoms with Gasteiger partial charge in [-0.1, -0.05) is 60.7 Å². The van der Waals surface area contributed by atoms with Gasteiger partial charge in [-0.2, -0.15) is 0 Å². The number of aliphatic hydroxyl groups excluding tert-OH is 1. The molecule has 1 unspecified atom stereocenters. The van der Waals surface area contributed by atoms with Crippen molar-refractivity contribution >= 4 is 17.1 Å². The highest BCUT2D eigenvalue weighted by molar-refractivity contribution is 6.33. The van der Waals surface area contributed by atoms with Crippen LogP contribution in [0.1, 0.15) is 22.3 Å². The van der Waals surface area contributed by atoms with Crippen molar-refractivity contribution in [1.29, 1.82) is 0 Å². The highest BCUT2D eigenvalue weighted by Crippen LogP contribution is 2.33. The van der Waals surface area contributed by atoms with E-state index in [1.165, 1.54) is 0 Å². The van der Waals surface area contributed by atoms with Crippen molar-refractivity contribution in [2.45, 2.75) is 12.5 Å². The van der Waals surface area contributed by atoms with E-state index in [-0.39, 0.29) is 23.6 Å². The van der Waals surface area contributed by atoms with E-state index in [0.717, 1.165) is 5.56 Å². The molecule has 1 N–H and O–H groups in total. The molecule has 3 rings (SSSR count). The number of rotatable bonds is 3. The molecular formula is C18H14O3. The summed E-state index contributed by atoms with van der Waals surface area (Å²) in [5, 5.41) is 10.1. The first-order valence-electron chi connectivity index (χ1n) is 6.79. The average Bonchev–Trinajstić information content (AvgIpc) is 2.82. The molecule has 104 valence electrons. The van der Waals surface area contributed by atoms with Gasteiger partial charge in [0, 0.05) is 17.6 Å². The molecule has 0 saturated carbocycles. The monoisotopic (exact) mass is 278 g/mol. The minimum absolute atomic E-state index is 0.0296. The number of hydrogen-bond donors (Lipinski definition) is 1. The number of ketones is 2. The fourth-order valence-electron chi connectivity index (χ4n) is 2.63. The zero-order valence-electron chi connectivity index (χ0n) is 11.3. The lowest BCUT2D eigenvalue weighted by molar-refractivity contribution is -0.115. The van der Waals surface area contributed by atoms with Crippen molar-refractivity contribution in [2.24, 2.45) is 0 Å². The fraction of sp³-hybridized carbons (Fsp3) is 0.111. The molecule has 0 heterocycles. The minimum atomic E-state index is -0.914. The molecule has 3 nitrogen and oxygen atoms in total. The molecule has 1 aliphatic rings. The van der Waals surface area contributed by atoms with Gasteiger partial charge in [-0.3, -0.25) is 9.59 Å². The van der Waals surface area contributed by atoms with Gasteiger partial charge in [-0.05, 0) is 5.56 Å². The summed E-state index contributed by atoms with van der Waals surface area (Å²) in [5.41, 5.74) is 1.73. The summed E-state index contributed by atoms with van der Waals surface area (Å²) in [6, 6.07) is 17.8. The largest absolute Gasteiger partial charge is 0.388 e. The number of aliphatic hydroxyl groups is 1. The normalized spacial score (nSPS) is 18.1. The Labute approximate surface area is 122 Å². The molecule has 21 heavy (non-hydrogen) atoms. The Kier molecular flexibility index (Phi) is 3.50. The van der Waals surface area contributed by atoms with Crippen LogP contribution in [0.2, 0.25) is 0 Å². The van der Waals surface area contributed by atoms with Crippen molar-refractivity contribution in [1.82, 2.24) is 0 Å². The lowest BCUT2D eigenvalue weighted by Gasteiger charge is -2.09. The van der Waals surface area contributed by atoms with Crippen LogP contribution >= 0.6 is 0 Å². The molecule has 0 radical (unpaired) electrons. The zero-order valence-corrected chi connectivity index (χ0v) is 11.3. The maximum Gasteiger partial charge on any atom is 0.196 e. The first-order valence-corrected chi connectivity index (χ1v) is 6.79. The predicted octanol–water partition coefficient (Wildman–Crippen LogP) is 2.66. The third kappa shape index (κ3) is 2.43. The first-order chi connectivity index (χ1) is 10.2. The van der Waals surface area contributed by atoms with E-state index in [4.69, 9.17) is 0 Å². The summed E-state index contributed by atoms with van der Waals surface area (Å²) in [4.78, 5) is 24.7. The standard InChI is InChI=1S/C18H14O3/c19-14-11-15(20)17(16(14)12-7-3-1-4-8-12)18(21)13-9-5-2-6-10-13/h1-10,14,19H,11H2. The molecule has 2 aromatic carbocycles. The first kappa shape index (κ1) is 13.5. The van der Waals surface area contributed by atoms with Crippen LogP contribution in [0.3, 0.4) is 0 Å². The Bertz CT molecular complexity index is 715. The third-order valence-corrected chi connectivity index (χ3v) is 3.61. The van der Waals surface area contributed by atoms with E-state index >= 15 is 0 Å². The van der Waals surface area contributed by atoms with Crippen LogP contribution in [-0.4, -0.2) is 22.8 Å². The van der Waals surface area contributed by atoms with E-state index in [2.05, 4.69) is 0 Å². The van der Waals surface area contributed by atoms with Gasteiger partial charge in [0.25, 0.3) is 0 Å². The number of allylic oxidation sites excluding steroid dienone is 1. The van der Waals surface area contributed by atoms with E-state index in [1.54, 1.807) is 36.4 Å². The number of benzene rings is 2. The van der Waals surface area contributed by atoms with Gasteiger partial charge in [-0.15, -0.1) is 0 Å². The quantitative estimate of drug-likeness (QED) is 0.693. The van der Waals surface area contributed by atoms with Gasteiger partial charge in [0.1, 0.15) is 0 Å². The SMILES string of the molecule is O=C1CC(O)C(c2ccccc2)=C1C(=O)c1ccccc1. The Morgan fingerprint density at radius 3 is 2.14 bits per heavy atom. The highest BCUT2D eigenvalue weighted by atomic mass is 16.3. The van der Waals surface area contributed by atoms with Crippen molar-refractivity contribution in [2.75, 3.05) is 0 Å². The van der Waals surface area contributed by atoms with Crippen LogP contribution < -0.4 is 0 Å². The van der Waals surface area contributed by atoms with E-state index in [0.29, 0.717) is 11.1 Å². The molecule has 0 aliphatic heterocycles. The van der Waals surface area contributed by atoms with Gasteiger partial charge in [0.05, 0.1) is 11.7 Å². The lowest BCUT2D eigenvalue weighted by Crippen LogP contribution is -2.10. The van der Waals surface area contributed by atoms with Crippen LogP contribution in [0.4, 0.5) is 0 Å². The molecule has 2 aromatic rings. The second-order valence-corrected chi connectivity index (χ2v) is 4.99. The minimum Gasteiger partial charge on any atom is -0.388 e.